The van der Waals surface area contributed by atoms with Gasteiger partial charge in [-0.25, -0.2) is 4.98 Å². The third-order valence-electron chi connectivity index (χ3n) is 3.83. The van der Waals surface area contributed by atoms with Gasteiger partial charge in [-0.1, -0.05) is 6.92 Å². The van der Waals surface area contributed by atoms with Crippen LogP contribution >= 0.6 is 11.3 Å². The van der Waals surface area contributed by atoms with Gasteiger partial charge in [-0.3, -0.25) is 0 Å². The Labute approximate surface area is 115 Å². The van der Waals surface area contributed by atoms with E-state index in [0.717, 1.165) is 12.5 Å². The van der Waals surface area contributed by atoms with Gasteiger partial charge in [0.15, 0.2) is 0 Å². The van der Waals surface area contributed by atoms with Crippen molar-refractivity contribution in [2.24, 2.45) is 11.3 Å². The Hall–Kier alpha value is -0.410. The van der Waals surface area contributed by atoms with Crippen molar-refractivity contribution in [3.63, 3.8) is 0 Å². The van der Waals surface area contributed by atoms with E-state index in [1.807, 2.05) is 11.3 Å². The van der Waals surface area contributed by atoms with Crippen molar-refractivity contribution in [1.29, 1.82) is 0 Å². The molecule has 3 heteroatoms. The van der Waals surface area contributed by atoms with E-state index in [0.29, 0.717) is 5.41 Å². The summed E-state index contributed by atoms with van der Waals surface area (Å²) in [6.07, 6.45) is 6.05. The van der Waals surface area contributed by atoms with Crippen molar-refractivity contribution in [2.45, 2.75) is 59.4 Å². The molecule has 0 bridgehead atoms. The molecule has 1 unspecified atom stereocenters. The zero-order valence-corrected chi connectivity index (χ0v) is 13.2. The van der Waals surface area contributed by atoms with Crippen LogP contribution in [0.1, 0.15) is 50.4 Å². The number of rotatable bonds is 5. The molecule has 2 nitrogen and oxygen atoms in total. The number of aryl methyl sites for hydroxylation is 1. The Bertz CT molecular complexity index is 401. The van der Waals surface area contributed by atoms with Crippen LogP contribution in [0.25, 0.3) is 0 Å². The summed E-state index contributed by atoms with van der Waals surface area (Å²) in [4.78, 5) is 5.83. The first-order valence-electron chi connectivity index (χ1n) is 6.95. The minimum Gasteiger partial charge on any atom is -0.312 e. The molecule has 0 radical (unpaired) electrons. The number of hydrogen-bond acceptors (Lipinski definition) is 3. The third-order valence-corrected chi connectivity index (χ3v) is 4.75. The molecule has 1 atom stereocenters. The van der Waals surface area contributed by atoms with Gasteiger partial charge < -0.3 is 5.32 Å². The summed E-state index contributed by atoms with van der Waals surface area (Å²) in [5.41, 5.74) is 0.603. The molecule has 1 saturated carbocycles. The second-order valence-corrected chi connectivity index (χ2v) is 8.37. The van der Waals surface area contributed by atoms with E-state index in [2.05, 4.69) is 51.1 Å². The lowest BCUT2D eigenvalue weighted by atomic mass is 9.80. The Balaban J connectivity index is 2.02. The van der Waals surface area contributed by atoms with Gasteiger partial charge in [-0.05, 0) is 58.3 Å². The van der Waals surface area contributed by atoms with Crippen LogP contribution < -0.4 is 5.32 Å². The molecule has 0 saturated heterocycles. The van der Waals surface area contributed by atoms with Crippen molar-refractivity contribution in [3.8, 4) is 0 Å². The van der Waals surface area contributed by atoms with E-state index in [1.165, 1.54) is 29.1 Å². The predicted octanol–water partition coefficient (Wildman–Crippen LogP) is 3.80. The molecule has 0 aliphatic heterocycles. The van der Waals surface area contributed by atoms with Crippen molar-refractivity contribution in [2.75, 3.05) is 6.54 Å². The van der Waals surface area contributed by atoms with Gasteiger partial charge in [0.25, 0.3) is 0 Å². The highest BCUT2D eigenvalue weighted by atomic mass is 32.1. The van der Waals surface area contributed by atoms with Crippen LogP contribution in [0.5, 0.6) is 0 Å². The SMILES string of the molecule is Cc1ncc(CC(C)(CNC(C)(C)C)C2CC2)s1. The number of hydrogen-bond donors (Lipinski definition) is 1. The van der Waals surface area contributed by atoms with E-state index in [-0.39, 0.29) is 5.54 Å². The molecule has 1 N–H and O–H groups in total. The molecule has 102 valence electrons. The normalized spacial score (nSPS) is 19.8. The van der Waals surface area contributed by atoms with Crippen LogP contribution in [0.4, 0.5) is 0 Å². The molecule has 2 rings (SSSR count). The quantitative estimate of drug-likeness (QED) is 0.877. The van der Waals surface area contributed by atoms with E-state index >= 15 is 0 Å². The molecule has 0 aromatic carbocycles. The Kier molecular flexibility index (Phi) is 3.84. The van der Waals surface area contributed by atoms with Crippen molar-refractivity contribution < 1.29 is 0 Å². The summed E-state index contributed by atoms with van der Waals surface area (Å²) in [5, 5.41) is 4.88. The van der Waals surface area contributed by atoms with E-state index in [1.54, 1.807) is 0 Å². The standard InChI is InChI=1S/C15H26N2S/c1-11-16-9-13(18-11)8-15(5,12-6-7-12)10-17-14(2,3)4/h9,12,17H,6-8,10H2,1-5H3. The highest BCUT2D eigenvalue weighted by Gasteiger charge is 2.42. The second-order valence-electron chi connectivity index (χ2n) is 7.05. The minimum atomic E-state index is 0.208. The van der Waals surface area contributed by atoms with Crippen LogP contribution in [0, 0.1) is 18.3 Å². The van der Waals surface area contributed by atoms with E-state index < -0.39 is 0 Å². The van der Waals surface area contributed by atoms with Gasteiger partial charge >= 0.3 is 0 Å². The largest absolute Gasteiger partial charge is 0.312 e. The molecular weight excluding hydrogens is 240 g/mol. The maximum Gasteiger partial charge on any atom is 0.0896 e. The summed E-state index contributed by atoms with van der Waals surface area (Å²) in [5.74, 6) is 0.898. The molecule has 1 heterocycles. The molecule has 1 fully saturated rings. The van der Waals surface area contributed by atoms with Gasteiger partial charge in [-0.2, -0.15) is 0 Å². The number of aromatic nitrogens is 1. The fourth-order valence-electron chi connectivity index (χ4n) is 2.48. The van der Waals surface area contributed by atoms with Gasteiger partial charge in [0, 0.05) is 23.2 Å². The molecule has 1 aliphatic carbocycles. The van der Waals surface area contributed by atoms with Crippen LogP contribution in [-0.4, -0.2) is 17.1 Å². The average molecular weight is 266 g/mol. The van der Waals surface area contributed by atoms with Gasteiger partial charge in [0.2, 0.25) is 0 Å². The van der Waals surface area contributed by atoms with E-state index in [9.17, 15) is 0 Å². The second kappa shape index (κ2) is 4.93. The zero-order chi connectivity index (χ0) is 13.4. The highest BCUT2D eigenvalue weighted by molar-refractivity contribution is 7.11. The lowest BCUT2D eigenvalue weighted by molar-refractivity contribution is 0.229. The van der Waals surface area contributed by atoms with Crippen molar-refractivity contribution in [1.82, 2.24) is 10.3 Å². The number of nitrogens with one attached hydrogen (secondary N) is 1. The van der Waals surface area contributed by atoms with Crippen LogP contribution in [0.2, 0.25) is 0 Å². The maximum atomic E-state index is 4.39. The summed E-state index contributed by atoms with van der Waals surface area (Å²) in [6.45, 7) is 12.4. The van der Waals surface area contributed by atoms with Crippen LogP contribution in [0.3, 0.4) is 0 Å². The van der Waals surface area contributed by atoms with E-state index in [4.69, 9.17) is 0 Å². The lowest BCUT2D eigenvalue weighted by Gasteiger charge is -2.33. The number of nitrogens with zero attached hydrogens (tertiary/aromatic N) is 1. The third kappa shape index (κ3) is 3.79. The summed E-state index contributed by atoms with van der Waals surface area (Å²) < 4.78 is 0. The fourth-order valence-corrected chi connectivity index (χ4v) is 3.48. The summed E-state index contributed by atoms with van der Waals surface area (Å²) in [6, 6.07) is 0. The van der Waals surface area contributed by atoms with Gasteiger partial charge in [-0.15, -0.1) is 11.3 Å². The minimum absolute atomic E-state index is 0.208. The predicted molar refractivity (Wildman–Crippen MR) is 79.1 cm³/mol. The molecule has 1 aliphatic rings. The van der Waals surface area contributed by atoms with Crippen molar-refractivity contribution >= 4 is 11.3 Å². The monoisotopic (exact) mass is 266 g/mol. The van der Waals surface area contributed by atoms with Crippen LogP contribution in [0.15, 0.2) is 6.20 Å². The fraction of sp³-hybridized carbons (Fsp3) is 0.800. The maximum absolute atomic E-state index is 4.39. The molecule has 18 heavy (non-hydrogen) atoms. The molecule has 0 spiro atoms. The topological polar surface area (TPSA) is 24.9 Å². The molecule has 0 amide bonds. The number of thiazole rings is 1. The lowest BCUT2D eigenvalue weighted by Crippen LogP contribution is -2.44. The molecule has 1 aromatic rings. The smallest absolute Gasteiger partial charge is 0.0896 e. The average Bonchev–Trinajstić information content (AvgIpc) is 3.01. The first-order valence-corrected chi connectivity index (χ1v) is 7.76. The van der Waals surface area contributed by atoms with Crippen LogP contribution in [-0.2, 0) is 6.42 Å². The summed E-state index contributed by atoms with van der Waals surface area (Å²) in [7, 11) is 0. The van der Waals surface area contributed by atoms with Gasteiger partial charge in [0.1, 0.15) is 0 Å². The Morgan fingerprint density at radius 1 is 1.33 bits per heavy atom. The Morgan fingerprint density at radius 3 is 2.44 bits per heavy atom. The molecule has 1 aromatic heterocycles. The van der Waals surface area contributed by atoms with Crippen molar-refractivity contribution in [3.05, 3.63) is 16.1 Å². The van der Waals surface area contributed by atoms with Gasteiger partial charge in [0.05, 0.1) is 5.01 Å². The first kappa shape index (κ1) is 14.0. The first-order chi connectivity index (χ1) is 8.28. The summed E-state index contributed by atoms with van der Waals surface area (Å²) >= 11 is 1.85. The Morgan fingerprint density at radius 2 is 2.00 bits per heavy atom. The zero-order valence-electron chi connectivity index (χ0n) is 12.3. The highest BCUT2D eigenvalue weighted by Crippen LogP contribution is 2.47. The molecular formula is C15H26N2S.